The van der Waals surface area contributed by atoms with Gasteiger partial charge in [-0.1, -0.05) is 18.2 Å². The number of nitrogens with one attached hydrogen (secondary N) is 1. The Kier molecular flexibility index (Phi) is 5.06. The molecule has 136 valence electrons. The van der Waals surface area contributed by atoms with Crippen molar-refractivity contribution >= 4 is 10.0 Å². The summed E-state index contributed by atoms with van der Waals surface area (Å²) in [6.45, 7) is 0.357. The molecule has 0 saturated heterocycles. The number of nitrogens with zero attached hydrogens (tertiary/aromatic N) is 2. The molecule has 2 heterocycles. The molecule has 1 aromatic carbocycles. The van der Waals surface area contributed by atoms with Crippen molar-refractivity contribution in [3.05, 3.63) is 66.2 Å². The first-order chi connectivity index (χ1) is 12.5. The van der Waals surface area contributed by atoms with Gasteiger partial charge in [0.25, 0.3) is 10.0 Å². The highest BCUT2D eigenvalue weighted by Crippen LogP contribution is 2.38. The van der Waals surface area contributed by atoms with E-state index in [9.17, 15) is 12.8 Å². The van der Waals surface area contributed by atoms with Gasteiger partial charge in [0, 0.05) is 30.1 Å². The van der Waals surface area contributed by atoms with Crippen LogP contribution in [0.5, 0.6) is 5.75 Å². The van der Waals surface area contributed by atoms with E-state index in [1.54, 1.807) is 31.3 Å². The molecule has 26 heavy (non-hydrogen) atoms. The highest BCUT2D eigenvalue weighted by Gasteiger charge is 2.28. The number of hydrogen-bond acceptors (Lipinski definition) is 5. The van der Waals surface area contributed by atoms with Crippen molar-refractivity contribution in [2.75, 3.05) is 14.2 Å². The molecule has 0 atom stereocenters. The zero-order chi connectivity index (χ0) is 18.7. The molecule has 0 unspecified atom stereocenters. The Balaban J connectivity index is 2.34. The van der Waals surface area contributed by atoms with Crippen molar-refractivity contribution in [2.24, 2.45) is 0 Å². The lowest BCUT2D eigenvalue weighted by molar-refractivity contribution is 0.411. The molecule has 0 amide bonds. The number of benzene rings is 1. The summed E-state index contributed by atoms with van der Waals surface area (Å²) in [5.41, 5.74) is 0.848. The third kappa shape index (κ3) is 3.09. The Morgan fingerprint density at radius 2 is 1.92 bits per heavy atom. The zero-order valence-electron chi connectivity index (χ0n) is 14.3. The Labute approximate surface area is 151 Å². The van der Waals surface area contributed by atoms with E-state index in [2.05, 4.69) is 10.3 Å². The number of aromatic nitrogens is 2. The smallest absolute Gasteiger partial charge is 0.285 e. The number of pyridine rings is 1. The summed E-state index contributed by atoms with van der Waals surface area (Å²) >= 11 is 0. The van der Waals surface area contributed by atoms with Gasteiger partial charge in [-0.2, -0.15) is 8.42 Å². The maximum Gasteiger partial charge on any atom is 0.285 e. The minimum absolute atomic E-state index is 0.126. The van der Waals surface area contributed by atoms with Crippen LogP contribution in [-0.4, -0.2) is 31.5 Å². The molecule has 6 nitrogen and oxygen atoms in total. The molecule has 0 aliphatic carbocycles. The largest absolute Gasteiger partial charge is 0.494 e. The predicted octanol–water partition coefficient (Wildman–Crippen LogP) is 2.65. The van der Waals surface area contributed by atoms with Gasteiger partial charge in [-0.05, 0) is 31.3 Å². The van der Waals surface area contributed by atoms with Gasteiger partial charge >= 0.3 is 0 Å². The minimum atomic E-state index is -4.03. The molecule has 0 radical (unpaired) electrons. The first-order valence-corrected chi connectivity index (χ1v) is 9.29. The maximum atomic E-state index is 14.5. The van der Waals surface area contributed by atoms with Gasteiger partial charge in [-0.25, -0.2) is 13.3 Å². The van der Waals surface area contributed by atoms with E-state index in [4.69, 9.17) is 4.74 Å². The Morgan fingerprint density at radius 1 is 1.19 bits per heavy atom. The highest BCUT2D eigenvalue weighted by atomic mass is 32.2. The molecule has 0 aliphatic heterocycles. The third-order valence-corrected chi connectivity index (χ3v) is 5.44. The number of halogens is 1. The van der Waals surface area contributed by atoms with Gasteiger partial charge in [-0.3, -0.25) is 0 Å². The first-order valence-electron chi connectivity index (χ1n) is 7.85. The van der Waals surface area contributed by atoms with Gasteiger partial charge in [0.1, 0.15) is 17.3 Å². The Bertz CT molecular complexity index is 1020. The molecule has 8 heteroatoms. The summed E-state index contributed by atoms with van der Waals surface area (Å²) in [5, 5.41) is 2.83. The average molecular weight is 375 g/mol. The van der Waals surface area contributed by atoms with E-state index in [1.165, 1.54) is 37.7 Å². The summed E-state index contributed by atoms with van der Waals surface area (Å²) in [5.74, 6) is -0.249. The summed E-state index contributed by atoms with van der Waals surface area (Å²) in [7, 11) is -0.877. The van der Waals surface area contributed by atoms with Crippen molar-refractivity contribution in [2.45, 2.75) is 11.6 Å². The Hall–Kier alpha value is -2.71. The number of ether oxygens (including phenoxy) is 1. The molecule has 0 spiro atoms. The Morgan fingerprint density at radius 3 is 2.54 bits per heavy atom. The van der Waals surface area contributed by atoms with Crippen LogP contribution in [0.3, 0.4) is 0 Å². The molecular weight excluding hydrogens is 357 g/mol. The van der Waals surface area contributed by atoms with Crippen LogP contribution in [0.1, 0.15) is 5.56 Å². The van der Waals surface area contributed by atoms with Gasteiger partial charge in [-0.15, -0.1) is 0 Å². The average Bonchev–Trinajstić information content (AvgIpc) is 3.02. The van der Waals surface area contributed by atoms with E-state index < -0.39 is 15.8 Å². The molecule has 2 aromatic heterocycles. The fourth-order valence-electron chi connectivity index (χ4n) is 2.75. The molecular formula is C18H18FN3O3S. The molecule has 0 fully saturated rings. The van der Waals surface area contributed by atoms with Crippen LogP contribution in [-0.2, 0) is 16.6 Å². The molecule has 3 aromatic rings. The molecule has 0 saturated carbocycles. The van der Waals surface area contributed by atoms with Crippen LogP contribution >= 0.6 is 0 Å². The fraction of sp³-hybridized carbons (Fsp3) is 0.167. The lowest BCUT2D eigenvalue weighted by Crippen LogP contribution is -2.15. The second-order valence-electron chi connectivity index (χ2n) is 5.52. The zero-order valence-corrected chi connectivity index (χ0v) is 15.1. The SMILES string of the molecule is CNCc1cn(S(=O)(=O)c2ccccn2)c(-c2ccccc2F)c1OC. The number of methoxy groups -OCH3 is 1. The summed E-state index contributed by atoms with van der Waals surface area (Å²) in [6.07, 6.45) is 2.83. The maximum absolute atomic E-state index is 14.5. The number of rotatable bonds is 6. The lowest BCUT2D eigenvalue weighted by Gasteiger charge is -2.12. The molecule has 0 aliphatic rings. The van der Waals surface area contributed by atoms with E-state index in [0.717, 1.165) is 3.97 Å². The van der Waals surface area contributed by atoms with Crippen molar-refractivity contribution in [3.63, 3.8) is 0 Å². The van der Waals surface area contributed by atoms with Crippen LogP contribution in [0.4, 0.5) is 4.39 Å². The quantitative estimate of drug-likeness (QED) is 0.717. The molecule has 0 bridgehead atoms. The van der Waals surface area contributed by atoms with Crippen molar-refractivity contribution < 1.29 is 17.5 Å². The van der Waals surface area contributed by atoms with E-state index in [1.807, 2.05) is 0 Å². The standard InChI is InChI=1S/C18H18FN3O3S/c1-20-11-13-12-22(26(23,24)16-9-5-6-10-21-16)17(18(13)25-2)14-7-3-4-8-15(14)19/h3-10,12,20H,11H2,1-2H3. The van der Waals surface area contributed by atoms with Crippen molar-refractivity contribution in [1.82, 2.24) is 14.3 Å². The van der Waals surface area contributed by atoms with Gasteiger partial charge in [0.15, 0.2) is 5.03 Å². The monoisotopic (exact) mass is 375 g/mol. The van der Waals surface area contributed by atoms with Gasteiger partial charge < -0.3 is 10.1 Å². The normalized spacial score (nSPS) is 11.5. The first kappa shape index (κ1) is 18.1. The van der Waals surface area contributed by atoms with Gasteiger partial charge in [0.05, 0.1) is 7.11 Å². The molecule has 3 rings (SSSR count). The van der Waals surface area contributed by atoms with Crippen LogP contribution in [0, 0.1) is 5.82 Å². The van der Waals surface area contributed by atoms with E-state index in [0.29, 0.717) is 17.9 Å². The van der Waals surface area contributed by atoms with E-state index >= 15 is 0 Å². The summed E-state index contributed by atoms with van der Waals surface area (Å²) in [4.78, 5) is 3.94. The van der Waals surface area contributed by atoms with Crippen LogP contribution in [0.25, 0.3) is 11.3 Å². The van der Waals surface area contributed by atoms with Crippen molar-refractivity contribution in [1.29, 1.82) is 0 Å². The van der Waals surface area contributed by atoms with Crippen LogP contribution < -0.4 is 10.1 Å². The van der Waals surface area contributed by atoms with Crippen LogP contribution in [0.15, 0.2) is 59.9 Å². The summed E-state index contributed by atoms with van der Waals surface area (Å²) in [6, 6.07) is 10.6. The predicted molar refractivity (Wildman–Crippen MR) is 96.0 cm³/mol. The van der Waals surface area contributed by atoms with Crippen molar-refractivity contribution in [3.8, 4) is 17.0 Å². The third-order valence-electron chi connectivity index (χ3n) is 3.86. The second kappa shape index (κ2) is 7.27. The summed E-state index contributed by atoms with van der Waals surface area (Å²) < 4.78 is 47.2. The van der Waals surface area contributed by atoms with Gasteiger partial charge in [0.2, 0.25) is 0 Å². The lowest BCUT2D eigenvalue weighted by atomic mass is 10.1. The second-order valence-corrected chi connectivity index (χ2v) is 7.28. The molecule has 1 N–H and O–H groups in total. The van der Waals surface area contributed by atoms with Crippen LogP contribution in [0.2, 0.25) is 0 Å². The highest BCUT2D eigenvalue weighted by molar-refractivity contribution is 7.90. The topological polar surface area (TPSA) is 73.2 Å². The number of hydrogen-bond donors (Lipinski definition) is 1. The van der Waals surface area contributed by atoms with E-state index in [-0.39, 0.29) is 16.3 Å². The fourth-order valence-corrected chi connectivity index (χ4v) is 4.08. The minimum Gasteiger partial charge on any atom is -0.494 e.